The Labute approximate surface area is 158 Å². The molecule has 0 radical (unpaired) electrons. The van der Waals surface area contributed by atoms with Gasteiger partial charge in [-0.1, -0.05) is 37.6 Å². The molecule has 168 valence electrons. The smallest absolute Gasteiger partial charge is 0.385 e. The molecule has 1 unspecified atom stereocenters. The van der Waals surface area contributed by atoms with E-state index in [0.717, 1.165) is 12.1 Å². The average molecular weight is 446 g/mol. The van der Waals surface area contributed by atoms with E-state index >= 15 is 0 Å². The Bertz CT molecular complexity index is 690. The van der Waals surface area contributed by atoms with Crippen LogP contribution in [-0.2, 0) is 12.0 Å². The van der Waals surface area contributed by atoms with Gasteiger partial charge in [-0.25, -0.2) is 0 Å². The highest BCUT2D eigenvalue weighted by atomic mass is 19.4. The van der Waals surface area contributed by atoms with Gasteiger partial charge in [0, 0.05) is 0 Å². The predicted molar refractivity (Wildman–Crippen MR) is 80.5 cm³/mol. The lowest BCUT2D eigenvalue weighted by Gasteiger charge is -2.39. The van der Waals surface area contributed by atoms with Crippen LogP contribution < -0.4 is 0 Å². The molecule has 29 heavy (non-hydrogen) atoms. The number of alkyl halides is 11. The molecule has 0 bridgehead atoms. The molecular formula is C17H17F11O. The Balaban J connectivity index is 3.27. The maximum absolute atomic E-state index is 13.9. The Morgan fingerprint density at radius 3 is 1.55 bits per heavy atom. The van der Waals surface area contributed by atoms with Gasteiger partial charge < -0.3 is 5.11 Å². The molecule has 1 nitrogen and oxygen atoms in total. The minimum absolute atomic E-state index is 0.446. The summed E-state index contributed by atoms with van der Waals surface area (Å²) < 4.78 is 144. The third kappa shape index (κ3) is 4.46. The Hall–Kier alpha value is -1.59. The lowest BCUT2D eigenvalue weighted by atomic mass is 9.84. The molecule has 12 heteroatoms. The third-order valence-electron chi connectivity index (χ3n) is 4.28. The van der Waals surface area contributed by atoms with Gasteiger partial charge in [0.25, 0.3) is 0 Å². The van der Waals surface area contributed by atoms with Gasteiger partial charge in [0.2, 0.25) is 0 Å². The normalized spacial score (nSPS) is 16.6. The lowest BCUT2D eigenvalue weighted by molar-refractivity contribution is -0.424. The molecule has 0 aromatic heterocycles. The minimum Gasteiger partial charge on any atom is -0.385 e. The number of halogens is 11. The van der Waals surface area contributed by atoms with E-state index in [1.807, 2.05) is 6.92 Å². The summed E-state index contributed by atoms with van der Waals surface area (Å²) in [6.07, 6.45) is -8.53. The molecular weight excluding hydrogens is 429 g/mol. The quantitative estimate of drug-likeness (QED) is 0.462. The first-order valence-electron chi connectivity index (χ1n) is 8.14. The van der Waals surface area contributed by atoms with Crippen molar-refractivity contribution in [2.75, 3.05) is 0 Å². The van der Waals surface area contributed by atoms with Crippen molar-refractivity contribution in [3.8, 4) is 0 Å². The van der Waals surface area contributed by atoms with Crippen LogP contribution in [0.5, 0.6) is 0 Å². The zero-order valence-electron chi connectivity index (χ0n) is 15.0. The SMILES string of the molecule is CCCc1ccc(C(C)(O)CC(F)(F)C(F)(F)C(F)(F)C(F)(F)C(F)(F)F)cc1. The van der Waals surface area contributed by atoms with Crippen molar-refractivity contribution >= 4 is 0 Å². The molecule has 0 heterocycles. The number of aliphatic hydroxyl groups is 1. The van der Waals surface area contributed by atoms with Gasteiger partial charge in [0.05, 0.1) is 12.0 Å². The van der Waals surface area contributed by atoms with Crippen molar-refractivity contribution in [3.05, 3.63) is 35.4 Å². The standard InChI is InChI=1S/C17H17F11O/c1-3-4-10-5-7-11(8-6-10)12(2,29)9-13(18,19)14(20,21)15(22,23)16(24,25)17(26,27)28/h5-8,29H,3-4,9H2,1-2H3. The van der Waals surface area contributed by atoms with Crippen molar-refractivity contribution in [2.45, 2.75) is 68.6 Å². The van der Waals surface area contributed by atoms with Crippen LogP contribution in [0.3, 0.4) is 0 Å². The van der Waals surface area contributed by atoms with E-state index in [1.54, 1.807) is 0 Å². The fourth-order valence-corrected chi connectivity index (χ4v) is 2.57. The molecule has 1 N–H and O–H groups in total. The monoisotopic (exact) mass is 446 g/mol. The Kier molecular flexibility index (Phi) is 6.66. The van der Waals surface area contributed by atoms with E-state index in [9.17, 15) is 53.4 Å². The second-order valence-corrected chi connectivity index (χ2v) is 6.82. The number of rotatable bonds is 8. The van der Waals surface area contributed by atoms with Gasteiger partial charge in [-0.05, 0) is 24.5 Å². The highest BCUT2D eigenvalue weighted by Crippen LogP contribution is 2.59. The van der Waals surface area contributed by atoms with Gasteiger partial charge in [-0.15, -0.1) is 0 Å². The summed E-state index contributed by atoms with van der Waals surface area (Å²) in [5.74, 6) is -28.2. The third-order valence-corrected chi connectivity index (χ3v) is 4.28. The van der Waals surface area contributed by atoms with Crippen LogP contribution in [0, 0.1) is 0 Å². The summed E-state index contributed by atoms with van der Waals surface area (Å²) in [6, 6.07) is 4.72. The van der Waals surface area contributed by atoms with E-state index in [2.05, 4.69) is 0 Å². The summed E-state index contributed by atoms with van der Waals surface area (Å²) in [5, 5.41) is 10.1. The molecule has 1 aromatic carbocycles. The maximum atomic E-state index is 13.9. The van der Waals surface area contributed by atoms with Crippen LogP contribution >= 0.6 is 0 Å². The first-order chi connectivity index (χ1) is 12.7. The molecule has 0 saturated carbocycles. The number of hydrogen-bond donors (Lipinski definition) is 1. The van der Waals surface area contributed by atoms with Crippen molar-refractivity contribution in [1.29, 1.82) is 0 Å². The zero-order chi connectivity index (χ0) is 23.1. The lowest BCUT2D eigenvalue weighted by Crippen LogP contribution is -2.67. The second kappa shape index (κ2) is 7.59. The molecule has 1 aromatic rings. The van der Waals surface area contributed by atoms with Gasteiger partial charge in [-0.2, -0.15) is 48.3 Å². The number of benzene rings is 1. The van der Waals surface area contributed by atoms with E-state index in [-0.39, 0.29) is 0 Å². The number of aryl methyl sites for hydroxylation is 1. The summed E-state index contributed by atoms with van der Waals surface area (Å²) >= 11 is 0. The summed E-state index contributed by atoms with van der Waals surface area (Å²) in [6.45, 7) is 2.33. The van der Waals surface area contributed by atoms with Gasteiger partial charge in [-0.3, -0.25) is 0 Å². The van der Waals surface area contributed by atoms with Crippen molar-refractivity contribution in [1.82, 2.24) is 0 Å². The Morgan fingerprint density at radius 2 is 1.17 bits per heavy atom. The molecule has 0 fully saturated rings. The van der Waals surface area contributed by atoms with Crippen LogP contribution in [0.15, 0.2) is 24.3 Å². The van der Waals surface area contributed by atoms with Gasteiger partial charge in [0.15, 0.2) is 0 Å². The molecule has 0 saturated heterocycles. The molecule has 1 rings (SSSR count). The first kappa shape index (κ1) is 25.4. The van der Waals surface area contributed by atoms with Gasteiger partial charge >= 0.3 is 29.9 Å². The topological polar surface area (TPSA) is 20.2 Å². The summed E-state index contributed by atoms with van der Waals surface area (Å²) in [5.41, 5.74) is -2.72. The van der Waals surface area contributed by atoms with Crippen LogP contribution in [0.25, 0.3) is 0 Å². The average Bonchev–Trinajstić information content (AvgIpc) is 2.53. The molecule has 0 amide bonds. The number of hydrogen-bond acceptors (Lipinski definition) is 1. The molecule has 0 aliphatic carbocycles. The van der Waals surface area contributed by atoms with E-state index in [1.165, 1.54) is 12.1 Å². The Morgan fingerprint density at radius 1 is 0.724 bits per heavy atom. The van der Waals surface area contributed by atoms with Crippen LogP contribution in [-0.4, -0.2) is 35.0 Å². The molecule has 0 aliphatic rings. The van der Waals surface area contributed by atoms with Crippen LogP contribution in [0.2, 0.25) is 0 Å². The largest absolute Gasteiger partial charge is 0.460 e. The van der Waals surface area contributed by atoms with Crippen molar-refractivity contribution < 1.29 is 53.4 Å². The fourth-order valence-electron chi connectivity index (χ4n) is 2.57. The van der Waals surface area contributed by atoms with Gasteiger partial charge in [0.1, 0.15) is 0 Å². The van der Waals surface area contributed by atoms with Crippen LogP contribution in [0.4, 0.5) is 48.3 Å². The van der Waals surface area contributed by atoms with E-state index < -0.39 is 47.5 Å². The van der Waals surface area contributed by atoms with Crippen molar-refractivity contribution in [2.24, 2.45) is 0 Å². The van der Waals surface area contributed by atoms with E-state index in [0.29, 0.717) is 25.3 Å². The summed E-state index contributed by atoms with van der Waals surface area (Å²) in [7, 11) is 0. The first-order valence-corrected chi connectivity index (χ1v) is 8.14. The highest BCUT2D eigenvalue weighted by molar-refractivity contribution is 5.27. The molecule has 1 atom stereocenters. The maximum Gasteiger partial charge on any atom is 0.460 e. The molecule has 0 spiro atoms. The second-order valence-electron chi connectivity index (χ2n) is 6.82. The summed E-state index contributed by atoms with van der Waals surface area (Å²) in [4.78, 5) is 0. The van der Waals surface area contributed by atoms with Crippen LogP contribution in [0.1, 0.15) is 37.8 Å². The zero-order valence-corrected chi connectivity index (χ0v) is 15.0. The van der Waals surface area contributed by atoms with E-state index in [4.69, 9.17) is 0 Å². The van der Waals surface area contributed by atoms with Crippen molar-refractivity contribution in [3.63, 3.8) is 0 Å². The molecule has 0 aliphatic heterocycles. The highest BCUT2D eigenvalue weighted by Gasteiger charge is 2.87. The fraction of sp³-hybridized carbons (Fsp3) is 0.647. The predicted octanol–water partition coefficient (Wildman–Crippen LogP) is 6.34. The minimum atomic E-state index is -7.48.